The summed E-state index contributed by atoms with van der Waals surface area (Å²) < 4.78 is 36.5. The van der Waals surface area contributed by atoms with Crippen molar-refractivity contribution in [3.05, 3.63) is 63.4 Å². The number of carbonyl (C=O) groups excluding carboxylic acids is 1. The lowest BCUT2D eigenvalue weighted by molar-refractivity contribution is -0.149. The van der Waals surface area contributed by atoms with Crippen LogP contribution in [0, 0.1) is 0 Å². The molecular weight excluding hydrogens is 585 g/mol. The fraction of sp³-hybridized carbons (Fsp3) is 0.476. The zero-order valence-electron chi connectivity index (χ0n) is 19.7. The van der Waals surface area contributed by atoms with Gasteiger partial charge in [-0.25, -0.2) is 9.36 Å². The molecule has 15 heteroatoms. The molecule has 0 aliphatic rings. The van der Waals surface area contributed by atoms with Crippen molar-refractivity contribution in [3.63, 3.8) is 0 Å². The lowest BCUT2D eigenvalue weighted by atomic mass is 10.3. The number of aliphatic hydroxyl groups excluding tert-OH is 1. The molecule has 1 heterocycles. The summed E-state index contributed by atoms with van der Waals surface area (Å²) in [7, 11) is -4.26. The van der Waals surface area contributed by atoms with E-state index in [1.165, 1.54) is 25.3 Å². The van der Waals surface area contributed by atoms with Crippen molar-refractivity contribution in [1.82, 2.24) is 14.6 Å². The molecule has 0 bridgehead atoms. The van der Waals surface area contributed by atoms with Gasteiger partial charge in [0.15, 0.2) is 5.56 Å². The third-order valence-electron chi connectivity index (χ3n) is 4.37. The fourth-order valence-corrected chi connectivity index (χ4v) is 4.82. The van der Waals surface area contributed by atoms with Crippen LogP contribution in [0.4, 0.5) is 0 Å². The highest BCUT2D eigenvalue weighted by Crippen LogP contribution is 2.45. The van der Waals surface area contributed by atoms with Crippen LogP contribution in [0.2, 0.25) is 0 Å². The van der Waals surface area contributed by atoms with Crippen LogP contribution >= 0.6 is 35.3 Å². The maximum atomic E-state index is 13.6. The Morgan fingerprint density at radius 3 is 2.44 bits per heavy atom. The van der Waals surface area contributed by atoms with Gasteiger partial charge in [0.05, 0.1) is 12.7 Å². The first kappa shape index (κ1) is 30.2. The predicted octanol–water partition coefficient (Wildman–Crippen LogP) is 2.51. The van der Waals surface area contributed by atoms with Crippen LogP contribution in [0.1, 0.15) is 27.0 Å². The number of nitrogens with one attached hydrogen (secondary N) is 2. The predicted molar refractivity (Wildman–Crippen MR) is 135 cm³/mol. The number of carbonyl (C=O) groups is 1. The van der Waals surface area contributed by atoms with Gasteiger partial charge in [-0.05, 0) is 32.9 Å². The highest BCUT2D eigenvalue weighted by Gasteiger charge is 2.35. The first-order valence-electron chi connectivity index (χ1n) is 10.8. The average Bonchev–Trinajstić information content (AvgIpc) is 2.79. The van der Waals surface area contributed by atoms with E-state index in [9.17, 15) is 24.1 Å². The van der Waals surface area contributed by atoms with Gasteiger partial charge in [-0.3, -0.25) is 23.7 Å². The third kappa shape index (κ3) is 9.47. The SMILES string of the molecule is CC(C)OC(=O)[C@H](C)N[P@@](=O)(OC[C@@H](O[C@H](CBr)n1ccc(=O)[nH]c1=O)[C@@H](O)Cl)Oc1ccccc1. The standard InChI is InChI=1S/C21H28BrClN3O9P/c1-13(2)33-20(29)14(3)25-36(31,35-15-7-5-4-6-8-15)32-12-16(19(23)28)34-18(11-22)26-10-9-17(27)24-21(26)30/h4-10,13-14,16,18-19,28H,11-12H2,1-3H3,(H,25,31)(H,24,27,30)/t14-,16+,18+,19+,36+/m0/s1. The number of halogens is 2. The normalized spacial score (nSPS) is 16.5. The molecule has 200 valence electrons. The zero-order valence-corrected chi connectivity index (χ0v) is 22.9. The fourth-order valence-electron chi connectivity index (χ4n) is 2.72. The summed E-state index contributed by atoms with van der Waals surface area (Å²) in [6, 6.07) is 8.11. The minimum Gasteiger partial charge on any atom is -0.462 e. The van der Waals surface area contributed by atoms with Crippen molar-refractivity contribution in [2.45, 2.75) is 50.8 Å². The minimum absolute atomic E-state index is 0.0631. The number of esters is 1. The summed E-state index contributed by atoms with van der Waals surface area (Å²) in [4.78, 5) is 37.8. The van der Waals surface area contributed by atoms with Gasteiger partial charge in [0, 0.05) is 17.6 Å². The molecule has 2 aromatic rings. The highest BCUT2D eigenvalue weighted by atomic mass is 79.9. The molecule has 12 nitrogen and oxygen atoms in total. The number of H-pyrrole nitrogens is 1. The van der Waals surface area contributed by atoms with E-state index in [0.717, 1.165) is 10.6 Å². The first-order valence-corrected chi connectivity index (χ1v) is 13.9. The van der Waals surface area contributed by atoms with Crippen molar-refractivity contribution < 1.29 is 33.0 Å². The first-order chi connectivity index (χ1) is 16.9. The lowest BCUT2D eigenvalue weighted by Gasteiger charge is -2.28. The van der Waals surface area contributed by atoms with Crippen molar-refractivity contribution >= 4 is 41.2 Å². The Labute approximate surface area is 220 Å². The van der Waals surface area contributed by atoms with Crippen molar-refractivity contribution in [2.24, 2.45) is 0 Å². The van der Waals surface area contributed by atoms with Crippen molar-refractivity contribution in [1.29, 1.82) is 0 Å². The van der Waals surface area contributed by atoms with E-state index in [1.54, 1.807) is 32.0 Å². The quantitative estimate of drug-likeness (QED) is 0.164. The van der Waals surface area contributed by atoms with Crippen molar-refractivity contribution in [3.8, 4) is 5.75 Å². The number of aliphatic hydroxyl groups is 1. The molecular formula is C21H28BrClN3O9P. The van der Waals surface area contributed by atoms with Crippen molar-refractivity contribution in [2.75, 3.05) is 11.9 Å². The van der Waals surface area contributed by atoms with Gasteiger partial charge in [-0.15, -0.1) is 0 Å². The van der Waals surface area contributed by atoms with Gasteiger partial charge >= 0.3 is 19.4 Å². The van der Waals surface area contributed by atoms with Crippen LogP contribution < -0.4 is 20.9 Å². The maximum Gasteiger partial charge on any atom is 0.459 e. The number of aromatic nitrogens is 2. The highest BCUT2D eigenvalue weighted by molar-refractivity contribution is 9.09. The van der Waals surface area contributed by atoms with E-state index in [1.807, 2.05) is 0 Å². The van der Waals surface area contributed by atoms with Crippen LogP contribution in [0.3, 0.4) is 0 Å². The lowest BCUT2D eigenvalue weighted by Crippen LogP contribution is -2.40. The summed E-state index contributed by atoms with van der Waals surface area (Å²) in [5.41, 5.74) is -3.01. The Bertz CT molecular complexity index is 1150. The largest absolute Gasteiger partial charge is 0.462 e. The van der Waals surface area contributed by atoms with Crippen LogP contribution in [-0.2, 0) is 23.4 Å². The minimum atomic E-state index is -4.26. The molecule has 1 aromatic carbocycles. The monoisotopic (exact) mass is 611 g/mol. The number of hydrogen-bond acceptors (Lipinski definition) is 9. The molecule has 5 atom stereocenters. The van der Waals surface area contributed by atoms with Crippen LogP contribution in [0.25, 0.3) is 0 Å². The molecule has 0 spiro atoms. The molecule has 0 saturated carbocycles. The topological polar surface area (TPSA) is 158 Å². The Hall–Kier alpha value is -1.99. The number of nitrogens with zero attached hydrogens (tertiary/aromatic N) is 1. The van der Waals surface area contributed by atoms with E-state index >= 15 is 0 Å². The second kappa shape index (κ2) is 14.1. The van der Waals surface area contributed by atoms with Gasteiger partial charge in [-0.2, -0.15) is 5.09 Å². The number of aromatic amines is 1. The molecule has 3 N–H and O–H groups in total. The number of hydrogen-bond donors (Lipinski definition) is 3. The Balaban J connectivity index is 2.23. The summed E-state index contributed by atoms with van der Waals surface area (Å²) in [5, 5.41) is 12.6. The molecule has 0 radical (unpaired) electrons. The van der Waals surface area contributed by atoms with Gasteiger partial charge in [0.25, 0.3) is 5.56 Å². The summed E-state index contributed by atoms with van der Waals surface area (Å²) in [5.74, 6) is -0.507. The van der Waals surface area contributed by atoms with Crippen LogP contribution in [0.15, 0.2) is 52.2 Å². The maximum absolute atomic E-state index is 13.6. The van der Waals surface area contributed by atoms with E-state index < -0.39 is 61.6 Å². The second-order valence-electron chi connectivity index (χ2n) is 7.71. The molecule has 0 unspecified atom stereocenters. The number of para-hydroxylation sites is 1. The average molecular weight is 613 g/mol. The third-order valence-corrected chi connectivity index (χ3v) is 6.85. The summed E-state index contributed by atoms with van der Waals surface area (Å²) in [6.45, 7) is 4.18. The van der Waals surface area contributed by atoms with Crippen LogP contribution in [0.5, 0.6) is 5.75 Å². The number of benzene rings is 1. The zero-order chi connectivity index (χ0) is 26.9. The molecule has 2 rings (SSSR count). The number of rotatable bonds is 14. The van der Waals surface area contributed by atoms with Crippen LogP contribution in [-0.4, -0.2) is 56.4 Å². The molecule has 36 heavy (non-hydrogen) atoms. The van der Waals surface area contributed by atoms with E-state index in [2.05, 4.69) is 26.0 Å². The van der Waals surface area contributed by atoms with Gasteiger partial charge in [-0.1, -0.05) is 45.7 Å². The van der Waals surface area contributed by atoms with E-state index in [-0.39, 0.29) is 11.1 Å². The number of alkyl halides is 2. The van der Waals surface area contributed by atoms with Gasteiger partial charge in [0.1, 0.15) is 24.1 Å². The van der Waals surface area contributed by atoms with E-state index in [0.29, 0.717) is 0 Å². The van der Waals surface area contributed by atoms with Gasteiger partial charge < -0.3 is 19.1 Å². The smallest absolute Gasteiger partial charge is 0.459 e. The molecule has 0 saturated heterocycles. The summed E-state index contributed by atoms with van der Waals surface area (Å²) >= 11 is 9.07. The molecule has 0 aliphatic heterocycles. The Kier molecular flexibility index (Phi) is 11.8. The Morgan fingerprint density at radius 2 is 1.89 bits per heavy atom. The number of ether oxygens (including phenoxy) is 2. The Morgan fingerprint density at radius 1 is 1.22 bits per heavy atom. The molecule has 0 aliphatic carbocycles. The molecule has 1 aromatic heterocycles. The van der Waals surface area contributed by atoms with E-state index in [4.69, 9.17) is 30.1 Å². The summed E-state index contributed by atoms with van der Waals surface area (Å²) in [6.07, 6.45) is -1.54. The molecule has 0 fully saturated rings. The van der Waals surface area contributed by atoms with Gasteiger partial charge in [0.2, 0.25) is 0 Å². The molecule has 0 amide bonds. The second-order valence-corrected chi connectivity index (χ2v) is 10.5.